The number of aliphatic hydroxyl groups excluding tert-OH is 2. The maximum absolute atomic E-state index is 10.7. The number of hydrogen-bond acceptors (Lipinski definition) is 5. The van der Waals surface area contributed by atoms with Crippen LogP contribution in [0.3, 0.4) is 0 Å². The van der Waals surface area contributed by atoms with Gasteiger partial charge >= 0.3 is 0 Å². The molecule has 3 N–H and O–H groups in total. The van der Waals surface area contributed by atoms with Crippen LogP contribution in [0, 0.1) is 11.8 Å². The van der Waals surface area contributed by atoms with Gasteiger partial charge in [-0.2, -0.15) is 0 Å². The second-order valence-electron chi connectivity index (χ2n) is 11.7. The zero-order chi connectivity index (χ0) is 25.0. The summed E-state index contributed by atoms with van der Waals surface area (Å²) >= 11 is 0. The zero-order valence-electron chi connectivity index (χ0n) is 22.0. The van der Waals surface area contributed by atoms with Crippen LogP contribution in [0.5, 0.6) is 5.75 Å². The third-order valence-electron chi connectivity index (χ3n) is 9.90. The highest BCUT2D eigenvalue weighted by atomic mass is 16.7. The maximum atomic E-state index is 10.7. The lowest BCUT2D eigenvalue weighted by Gasteiger charge is -2.44. The van der Waals surface area contributed by atoms with E-state index in [1.54, 1.807) is 11.1 Å². The summed E-state index contributed by atoms with van der Waals surface area (Å²) < 4.78 is 12.4. The number of nitrogens with zero attached hydrogens (tertiary/aromatic N) is 1. The molecule has 1 aromatic carbocycles. The molecule has 1 aliphatic carbocycles. The molecule has 196 valence electrons. The minimum Gasteiger partial charge on any atom is -0.465 e. The van der Waals surface area contributed by atoms with Crippen LogP contribution in [0.15, 0.2) is 29.3 Å². The van der Waals surface area contributed by atoms with Crippen molar-refractivity contribution in [1.82, 2.24) is 9.88 Å². The molecular formula is C30H42N2O4. The first-order chi connectivity index (χ1) is 17.5. The van der Waals surface area contributed by atoms with Gasteiger partial charge in [0.2, 0.25) is 6.29 Å². The number of fused-ring (bicyclic) bond motifs is 6. The van der Waals surface area contributed by atoms with E-state index in [1.807, 2.05) is 6.07 Å². The molecule has 0 amide bonds. The molecule has 3 aliphatic heterocycles. The Labute approximate surface area is 214 Å². The van der Waals surface area contributed by atoms with Gasteiger partial charge in [0.1, 0.15) is 11.9 Å². The molecule has 36 heavy (non-hydrogen) atoms. The number of allylic oxidation sites excluding steroid dienone is 1. The zero-order valence-corrected chi connectivity index (χ0v) is 22.0. The normalized spacial score (nSPS) is 36.2. The first-order valence-electron chi connectivity index (χ1n) is 14.1. The third-order valence-corrected chi connectivity index (χ3v) is 9.90. The van der Waals surface area contributed by atoms with Crippen LogP contribution in [0.4, 0.5) is 0 Å². The van der Waals surface area contributed by atoms with Crippen LogP contribution in [0.25, 0.3) is 10.9 Å². The lowest BCUT2D eigenvalue weighted by Crippen LogP contribution is -2.51. The van der Waals surface area contributed by atoms with E-state index in [0.717, 1.165) is 50.9 Å². The summed E-state index contributed by atoms with van der Waals surface area (Å²) in [6.45, 7) is 8.96. The number of ether oxygens (including phenoxy) is 2. The number of nitrogens with one attached hydrogen (secondary N) is 1. The van der Waals surface area contributed by atoms with Gasteiger partial charge in [-0.05, 0) is 68.7 Å². The van der Waals surface area contributed by atoms with E-state index in [0.29, 0.717) is 24.3 Å². The van der Waals surface area contributed by atoms with Crippen molar-refractivity contribution in [3.8, 4) is 5.75 Å². The molecular weight excluding hydrogens is 452 g/mol. The van der Waals surface area contributed by atoms with Crippen molar-refractivity contribution < 1.29 is 19.7 Å². The summed E-state index contributed by atoms with van der Waals surface area (Å²) in [4.78, 5) is 6.47. The quantitative estimate of drug-likeness (QED) is 0.516. The molecule has 1 saturated carbocycles. The highest BCUT2D eigenvalue weighted by Crippen LogP contribution is 2.44. The molecule has 1 aromatic heterocycles. The fourth-order valence-corrected chi connectivity index (χ4v) is 7.18. The SMILES string of the molecule is CC/C(C)=C1/CC2c3[nH]c4ccc(O[C@@H]5CC(C6CCC6)[C@H](O)C(CO)O5)cc4c3CCN(C1)C2C. The number of rotatable bonds is 5. The first-order valence-corrected chi connectivity index (χ1v) is 14.1. The van der Waals surface area contributed by atoms with Crippen LogP contribution in [-0.2, 0) is 11.2 Å². The molecule has 4 heterocycles. The number of aromatic nitrogens is 1. The van der Waals surface area contributed by atoms with Gasteiger partial charge in [-0.1, -0.05) is 37.3 Å². The van der Waals surface area contributed by atoms with Crippen LogP contribution >= 0.6 is 0 Å². The van der Waals surface area contributed by atoms with Gasteiger partial charge in [0, 0.05) is 48.1 Å². The Morgan fingerprint density at radius 1 is 1.28 bits per heavy atom. The summed E-state index contributed by atoms with van der Waals surface area (Å²) in [5.74, 6) is 1.93. The Kier molecular flexibility index (Phi) is 6.65. The maximum Gasteiger partial charge on any atom is 0.200 e. The Morgan fingerprint density at radius 2 is 2.11 bits per heavy atom. The van der Waals surface area contributed by atoms with E-state index in [-0.39, 0.29) is 12.5 Å². The molecule has 0 spiro atoms. The fraction of sp³-hybridized carbons (Fsp3) is 0.667. The highest BCUT2D eigenvalue weighted by Gasteiger charge is 2.43. The number of aromatic amines is 1. The van der Waals surface area contributed by atoms with Crippen LogP contribution in [-0.4, -0.2) is 64.3 Å². The Bertz CT molecular complexity index is 1140. The van der Waals surface area contributed by atoms with Gasteiger partial charge in [-0.15, -0.1) is 0 Å². The minimum absolute atomic E-state index is 0.130. The minimum atomic E-state index is -0.616. The smallest absolute Gasteiger partial charge is 0.200 e. The van der Waals surface area contributed by atoms with Crippen LogP contribution < -0.4 is 4.74 Å². The first kappa shape index (κ1) is 24.5. The molecule has 6 rings (SSSR count). The number of benzene rings is 1. The second-order valence-corrected chi connectivity index (χ2v) is 11.7. The molecule has 2 bridgehead atoms. The standard InChI is InChI=1S/C30H42N2O4/c1-4-17(2)20-12-23-18(3)32(15-20)11-10-22-25-13-21(8-9-26(25)31-29(22)23)35-28-14-24(19-6-5-7-19)30(34)27(16-33)36-28/h8-9,13,18-19,23-24,27-28,30-31,33-34H,4-7,10-12,14-16H2,1-3H3/b20-17-/t18?,23?,24?,27?,28-,30-/m0/s1. The Hall–Kier alpha value is -1.86. The van der Waals surface area contributed by atoms with Crippen molar-refractivity contribution in [3.05, 3.63) is 40.6 Å². The molecule has 5 unspecified atom stereocenters. The predicted octanol–water partition coefficient (Wildman–Crippen LogP) is 4.89. The number of aliphatic hydroxyl groups is 2. The van der Waals surface area contributed by atoms with E-state index in [1.165, 1.54) is 28.6 Å². The molecule has 3 fully saturated rings. The van der Waals surface area contributed by atoms with Crippen molar-refractivity contribution in [1.29, 1.82) is 0 Å². The summed E-state index contributed by atoms with van der Waals surface area (Å²) in [5, 5.41) is 21.8. The number of piperidine rings is 1. The van der Waals surface area contributed by atoms with Crippen molar-refractivity contribution in [2.45, 2.75) is 96.2 Å². The largest absolute Gasteiger partial charge is 0.465 e. The predicted molar refractivity (Wildman–Crippen MR) is 141 cm³/mol. The highest BCUT2D eigenvalue weighted by molar-refractivity contribution is 5.86. The molecule has 4 aliphatic rings. The van der Waals surface area contributed by atoms with E-state index >= 15 is 0 Å². The van der Waals surface area contributed by atoms with E-state index < -0.39 is 18.5 Å². The summed E-state index contributed by atoms with van der Waals surface area (Å²) in [6.07, 6.45) is 5.88. The third kappa shape index (κ3) is 4.20. The molecule has 0 radical (unpaired) electrons. The topological polar surface area (TPSA) is 78.0 Å². The van der Waals surface area contributed by atoms with Gasteiger partial charge in [0.25, 0.3) is 0 Å². The van der Waals surface area contributed by atoms with Gasteiger partial charge in [0.15, 0.2) is 0 Å². The van der Waals surface area contributed by atoms with Crippen LogP contribution in [0.2, 0.25) is 0 Å². The number of hydrogen-bond donors (Lipinski definition) is 3. The van der Waals surface area contributed by atoms with E-state index in [4.69, 9.17) is 9.47 Å². The fourth-order valence-electron chi connectivity index (χ4n) is 7.18. The lowest BCUT2D eigenvalue weighted by atomic mass is 9.70. The molecule has 7 atom stereocenters. The van der Waals surface area contributed by atoms with E-state index in [9.17, 15) is 10.2 Å². The van der Waals surface area contributed by atoms with Gasteiger partial charge in [-0.25, -0.2) is 0 Å². The number of H-pyrrole nitrogens is 1. The molecule has 2 saturated heterocycles. The van der Waals surface area contributed by atoms with Gasteiger partial charge < -0.3 is 24.7 Å². The van der Waals surface area contributed by atoms with Gasteiger partial charge in [0.05, 0.1) is 12.7 Å². The Morgan fingerprint density at radius 3 is 2.83 bits per heavy atom. The molecule has 2 aromatic rings. The lowest BCUT2D eigenvalue weighted by molar-refractivity contribution is -0.226. The monoisotopic (exact) mass is 494 g/mol. The van der Waals surface area contributed by atoms with Crippen molar-refractivity contribution in [3.63, 3.8) is 0 Å². The van der Waals surface area contributed by atoms with Crippen molar-refractivity contribution in [2.24, 2.45) is 11.8 Å². The van der Waals surface area contributed by atoms with Crippen molar-refractivity contribution in [2.75, 3.05) is 19.7 Å². The second kappa shape index (κ2) is 9.79. The average molecular weight is 495 g/mol. The Balaban J connectivity index is 1.27. The van der Waals surface area contributed by atoms with Crippen LogP contribution in [0.1, 0.15) is 76.5 Å². The summed E-state index contributed by atoms with van der Waals surface area (Å²) in [6, 6.07) is 6.88. The molecule has 6 heteroatoms. The van der Waals surface area contributed by atoms with Gasteiger partial charge in [-0.3, -0.25) is 4.90 Å². The summed E-state index contributed by atoms with van der Waals surface area (Å²) in [7, 11) is 0. The van der Waals surface area contributed by atoms with E-state index in [2.05, 4.69) is 42.8 Å². The molecule has 6 nitrogen and oxygen atoms in total. The average Bonchev–Trinajstić information content (AvgIpc) is 3.18. The summed E-state index contributed by atoms with van der Waals surface area (Å²) in [5.41, 5.74) is 7.18. The van der Waals surface area contributed by atoms with Crippen molar-refractivity contribution >= 4 is 10.9 Å².